The van der Waals surface area contributed by atoms with Crippen molar-refractivity contribution < 1.29 is 9.13 Å². The summed E-state index contributed by atoms with van der Waals surface area (Å²) >= 11 is 5.82. The van der Waals surface area contributed by atoms with Crippen molar-refractivity contribution in [3.63, 3.8) is 0 Å². The van der Waals surface area contributed by atoms with E-state index in [0.29, 0.717) is 11.1 Å². The number of hydrogen-bond acceptors (Lipinski definition) is 2. The molecule has 0 radical (unpaired) electrons. The summed E-state index contributed by atoms with van der Waals surface area (Å²) in [5.41, 5.74) is 0.737. The number of benzene rings is 1. The predicted molar refractivity (Wildman–Crippen MR) is 68.1 cm³/mol. The summed E-state index contributed by atoms with van der Waals surface area (Å²) in [6.07, 6.45) is 2.33. The van der Waals surface area contributed by atoms with E-state index in [1.54, 1.807) is 6.07 Å². The Morgan fingerprint density at radius 2 is 1.88 bits per heavy atom. The van der Waals surface area contributed by atoms with Gasteiger partial charge in [-0.15, -0.1) is 0 Å². The molecule has 1 aromatic carbocycles. The average molecular weight is 258 g/mol. The summed E-state index contributed by atoms with van der Waals surface area (Å²) in [7, 11) is 0. The fourth-order valence-electron chi connectivity index (χ4n) is 2.40. The third-order valence-electron chi connectivity index (χ3n) is 2.93. The second-order valence-electron chi connectivity index (χ2n) is 4.73. The maximum atomic E-state index is 13.2. The van der Waals surface area contributed by atoms with Crippen LogP contribution in [0.25, 0.3) is 0 Å². The van der Waals surface area contributed by atoms with Crippen molar-refractivity contribution >= 4 is 17.3 Å². The first-order valence-electron chi connectivity index (χ1n) is 5.91. The predicted octanol–water partition coefficient (Wildman–Crippen LogP) is 3.85. The maximum absolute atomic E-state index is 13.2. The first kappa shape index (κ1) is 12.7. The second-order valence-corrected chi connectivity index (χ2v) is 5.16. The second kappa shape index (κ2) is 5.23. The SMILES string of the molecule is CC1CC(Nc2cc(F)cc(Cl)c2)CC(C)O1. The number of halogens is 2. The Morgan fingerprint density at radius 3 is 2.47 bits per heavy atom. The van der Waals surface area contributed by atoms with Crippen LogP contribution in [0.15, 0.2) is 18.2 Å². The highest BCUT2D eigenvalue weighted by molar-refractivity contribution is 6.30. The molecular weight excluding hydrogens is 241 g/mol. The number of nitrogens with one attached hydrogen (secondary N) is 1. The van der Waals surface area contributed by atoms with Gasteiger partial charge in [0, 0.05) is 16.8 Å². The fourth-order valence-corrected chi connectivity index (χ4v) is 2.62. The summed E-state index contributed by atoms with van der Waals surface area (Å²) in [6.45, 7) is 4.12. The zero-order valence-corrected chi connectivity index (χ0v) is 10.8. The molecule has 2 unspecified atom stereocenters. The molecule has 4 heteroatoms. The van der Waals surface area contributed by atoms with Crippen LogP contribution in [0.4, 0.5) is 10.1 Å². The molecule has 17 heavy (non-hydrogen) atoms. The molecule has 0 amide bonds. The number of anilines is 1. The van der Waals surface area contributed by atoms with E-state index in [1.165, 1.54) is 12.1 Å². The molecule has 1 aliphatic heterocycles. The molecule has 1 aliphatic rings. The standard InChI is InChI=1S/C13H17ClFNO/c1-8-3-12(4-9(2)17-8)16-13-6-10(14)5-11(15)7-13/h5-9,12,16H,3-4H2,1-2H3. The Balaban J connectivity index is 2.04. The Labute approximate surface area is 106 Å². The van der Waals surface area contributed by atoms with E-state index in [1.807, 2.05) is 0 Å². The van der Waals surface area contributed by atoms with Crippen LogP contribution < -0.4 is 5.32 Å². The lowest BCUT2D eigenvalue weighted by Crippen LogP contribution is -2.36. The molecule has 1 heterocycles. The summed E-state index contributed by atoms with van der Waals surface area (Å²) in [5.74, 6) is -0.312. The van der Waals surface area contributed by atoms with Gasteiger partial charge in [-0.1, -0.05) is 11.6 Å². The molecule has 0 aromatic heterocycles. The van der Waals surface area contributed by atoms with Gasteiger partial charge < -0.3 is 10.1 Å². The summed E-state index contributed by atoms with van der Waals surface area (Å²) in [5, 5.41) is 3.74. The molecule has 1 saturated heterocycles. The Hall–Kier alpha value is -0.800. The average Bonchev–Trinajstić information content (AvgIpc) is 2.13. The molecular formula is C13H17ClFNO. The molecule has 0 aliphatic carbocycles. The van der Waals surface area contributed by atoms with Gasteiger partial charge in [0.1, 0.15) is 5.82 Å². The third kappa shape index (κ3) is 3.58. The zero-order chi connectivity index (χ0) is 12.4. The molecule has 1 N–H and O–H groups in total. The minimum absolute atomic E-state index is 0.236. The van der Waals surface area contributed by atoms with Gasteiger partial charge in [0.2, 0.25) is 0 Å². The molecule has 0 saturated carbocycles. The zero-order valence-electron chi connectivity index (χ0n) is 10.0. The van der Waals surface area contributed by atoms with Crippen molar-refractivity contribution in [2.75, 3.05) is 5.32 Å². The van der Waals surface area contributed by atoms with E-state index in [-0.39, 0.29) is 18.0 Å². The van der Waals surface area contributed by atoms with Crippen molar-refractivity contribution in [1.82, 2.24) is 0 Å². The van der Waals surface area contributed by atoms with Crippen LogP contribution >= 0.6 is 11.6 Å². The van der Waals surface area contributed by atoms with Crippen molar-refractivity contribution in [1.29, 1.82) is 0 Å². The fraction of sp³-hybridized carbons (Fsp3) is 0.538. The van der Waals surface area contributed by atoms with Crippen molar-refractivity contribution in [3.05, 3.63) is 29.0 Å². The highest BCUT2D eigenvalue weighted by Crippen LogP contribution is 2.24. The minimum atomic E-state index is -0.312. The summed E-state index contributed by atoms with van der Waals surface area (Å²) in [4.78, 5) is 0. The van der Waals surface area contributed by atoms with E-state index < -0.39 is 0 Å². The van der Waals surface area contributed by atoms with Gasteiger partial charge in [0.25, 0.3) is 0 Å². The van der Waals surface area contributed by atoms with Crippen LogP contribution in [0.1, 0.15) is 26.7 Å². The summed E-state index contributed by atoms with van der Waals surface area (Å²) < 4.78 is 18.8. The first-order chi connectivity index (χ1) is 8.02. The lowest BCUT2D eigenvalue weighted by Gasteiger charge is -2.33. The smallest absolute Gasteiger partial charge is 0.126 e. The van der Waals surface area contributed by atoms with Gasteiger partial charge in [-0.3, -0.25) is 0 Å². The molecule has 2 atom stereocenters. The number of hydrogen-bond donors (Lipinski definition) is 1. The van der Waals surface area contributed by atoms with E-state index >= 15 is 0 Å². The highest BCUT2D eigenvalue weighted by atomic mass is 35.5. The van der Waals surface area contributed by atoms with E-state index in [9.17, 15) is 4.39 Å². The third-order valence-corrected chi connectivity index (χ3v) is 3.15. The van der Waals surface area contributed by atoms with Crippen LogP contribution in [0.3, 0.4) is 0 Å². The van der Waals surface area contributed by atoms with Crippen LogP contribution in [0.2, 0.25) is 5.02 Å². The van der Waals surface area contributed by atoms with Gasteiger partial charge in [0.15, 0.2) is 0 Å². The lowest BCUT2D eigenvalue weighted by molar-refractivity contribution is -0.0337. The quantitative estimate of drug-likeness (QED) is 0.869. The van der Waals surface area contributed by atoms with E-state index in [4.69, 9.17) is 16.3 Å². The molecule has 1 aromatic rings. The van der Waals surface area contributed by atoms with Crippen molar-refractivity contribution in [3.8, 4) is 0 Å². The molecule has 94 valence electrons. The molecule has 1 fully saturated rings. The monoisotopic (exact) mass is 257 g/mol. The van der Waals surface area contributed by atoms with Gasteiger partial charge in [-0.05, 0) is 44.9 Å². The molecule has 2 nitrogen and oxygen atoms in total. The van der Waals surface area contributed by atoms with Gasteiger partial charge in [-0.2, -0.15) is 0 Å². The van der Waals surface area contributed by atoms with Crippen LogP contribution in [-0.2, 0) is 4.74 Å². The molecule has 0 spiro atoms. The Bertz CT molecular complexity index is 369. The van der Waals surface area contributed by atoms with E-state index in [0.717, 1.165) is 18.5 Å². The lowest BCUT2D eigenvalue weighted by atomic mass is 9.99. The van der Waals surface area contributed by atoms with Crippen LogP contribution in [0.5, 0.6) is 0 Å². The Kier molecular flexibility index (Phi) is 3.89. The van der Waals surface area contributed by atoms with Crippen LogP contribution in [-0.4, -0.2) is 18.2 Å². The van der Waals surface area contributed by atoms with Gasteiger partial charge >= 0.3 is 0 Å². The minimum Gasteiger partial charge on any atom is -0.382 e. The van der Waals surface area contributed by atoms with E-state index in [2.05, 4.69) is 19.2 Å². The normalized spacial score (nSPS) is 29.1. The summed E-state index contributed by atoms with van der Waals surface area (Å²) in [6, 6.07) is 4.83. The van der Waals surface area contributed by atoms with Gasteiger partial charge in [-0.25, -0.2) is 4.39 Å². The highest BCUT2D eigenvalue weighted by Gasteiger charge is 2.24. The first-order valence-corrected chi connectivity index (χ1v) is 6.29. The largest absolute Gasteiger partial charge is 0.382 e. The number of rotatable bonds is 2. The van der Waals surface area contributed by atoms with Crippen LogP contribution in [0, 0.1) is 5.82 Å². The van der Waals surface area contributed by atoms with Crippen molar-refractivity contribution in [2.45, 2.75) is 44.9 Å². The molecule has 0 bridgehead atoms. The maximum Gasteiger partial charge on any atom is 0.126 e. The topological polar surface area (TPSA) is 21.3 Å². The number of ether oxygens (including phenoxy) is 1. The molecule has 2 rings (SSSR count). The Morgan fingerprint density at radius 1 is 1.24 bits per heavy atom. The van der Waals surface area contributed by atoms with Crippen molar-refractivity contribution in [2.24, 2.45) is 0 Å². The van der Waals surface area contributed by atoms with Gasteiger partial charge in [0.05, 0.1) is 12.2 Å².